The highest BCUT2D eigenvalue weighted by Crippen LogP contribution is 2.18. The number of anilines is 1. The molecule has 100 valence electrons. The number of pyridine rings is 1. The van der Waals surface area contributed by atoms with Crippen LogP contribution in [0.5, 0.6) is 0 Å². The Hall–Kier alpha value is -1.69. The maximum absolute atomic E-state index is 12.2. The van der Waals surface area contributed by atoms with Gasteiger partial charge in [-0.25, -0.2) is 4.98 Å². The summed E-state index contributed by atoms with van der Waals surface area (Å²) in [6.45, 7) is 3.92. The third-order valence-electron chi connectivity index (χ3n) is 2.77. The minimum absolute atomic E-state index is 0.181. The van der Waals surface area contributed by atoms with Crippen molar-refractivity contribution >= 4 is 27.7 Å². The summed E-state index contributed by atoms with van der Waals surface area (Å²) in [6.07, 6.45) is 4.12. The fourth-order valence-electron chi connectivity index (χ4n) is 1.78. The van der Waals surface area contributed by atoms with Crippen molar-refractivity contribution in [2.24, 2.45) is 7.05 Å². The molecule has 1 N–H and O–H groups in total. The smallest absolute Gasteiger partial charge is 0.260 e. The maximum atomic E-state index is 12.2. The Labute approximate surface area is 120 Å². The lowest BCUT2D eigenvalue weighted by molar-refractivity contribution is 0.102. The van der Waals surface area contributed by atoms with Gasteiger partial charge in [-0.2, -0.15) is 5.10 Å². The van der Waals surface area contributed by atoms with Gasteiger partial charge in [0.15, 0.2) is 0 Å². The first-order valence-electron chi connectivity index (χ1n) is 5.97. The Balaban J connectivity index is 2.22. The summed E-state index contributed by atoms with van der Waals surface area (Å²) in [5.41, 5.74) is 2.40. The number of nitrogens with one attached hydrogen (secondary N) is 1. The zero-order valence-electron chi connectivity index (χ0n) is 11.1. The number of hydrogen-bond acceptors (Lipinski definition) is 3. The highest BCUT2D eigenvalue weighted by molar-refractivity contribution is 9.10. The van der Waals surface area contributed by atoms with E-state index in [2.05, 4.69) is 31.3 Å². The van der Waals surface area contributed by atoms with E-state index in [1.54, 1.807) is 24.1 Å². The monoisotopic (exact) mass is 322 g/mol. The van der Waals surface area contributed by atoms with Crippen LogP contribution in [0.4, 0.5) is 5.82 Å². The third-order valence-corrected chi connectivity index (χ3v) is 3.60. The van der Waals surface area contributed by atoms with E-state index in [4.69, 9.17) is 0 Å². The molecule has 2 heterocycles. The predicted molar refractivity (Wildman–Crippen MR) is 77.2 cm³/mol. The number of halogens is 1. The van der Waals surface area contributed by atoms with Crippen molar-refractivity contribution < 1.29 is 4.79 Å². The molecular weight excluding hydrogens is 308 g/mol. The Bertz CT molecular complexity index is 621. The maximum Gasteiger partial charge on any atom is 0.260 e. The van der Waals surface area contributed by atoms with Gasteiger partial charge in [0, 0.05) is 23.9 Å². The lowest BCUT2D eigenvalue weighted by Crippen LogP contribution is -2.14. The van der Waals surface area contributed by atoms with Gasteiger partial charge >= 0.3 is 0 Å². The van der Waals surface area contributed by atoms with Gasteiger partial charge < -0.3 is 5.32 Å². The second kappa shape index (κ2) is 5.52. The summed E-state index contributed by atoms with van der Waals surface area (Å²) < 4.78 is 2.56. The van der Waals surface area contributed by atoms with E-state index < -0.39 is 0 Å². The van der Waals surface area contributed by atoms with Crippen LogP contribution in [-0.2, 0) is 13.5 Å². The van der Waals surface area contributed by atoms with E-state index in [1.807, 2.05) is 19.9 Å². The van der Waals surface area contributed by atoms with E-state index in [-0.39, 0.29) is 5.91 Å². The Morgan fingerprint density at radius 1 is 1.53 bits per heavy atom. The van der Waals surface area contributed by atoms with Gasteiger partial charge in [-0.3, -0.25) is 9.48 Å². The summed E-state index contributed by atoms with van der Waals surface area (Å²) in [6, 6.07) is 1.82. The number of aromatic nitrogens is 3. The van der Waals surface area contributed by atoms with Gasteiger partial charge in [-0.05, 0) is 40.9 Å². The molecule has 0 fully saturated rings. The molecule has 2 aromatic heterocycles. The first-order valence-corrected chi connectivity index (χ1v) is 6.76. The van der Waals surface area contributed by atoms with Crippen LogP contribution in [0, 0.1) is 6.92 Å². The van der Waals surface area contributed by atoms with Crippen molar-refractivity contribution in [1.29, 1.82) is 0 Å². The van der Waals surface area contributed by atoms with Crippen LogP contribution >= 0.6 is 15.9 Å². The summed E-state index contributed by atoms with van der Waals surface area (Å²) >= 11 is 3.38. The highest BCUT2D eigenvalue weighted by Gasteiger charge is 2.15. The molecule has 0 aliphatic rings. The molecule has 6 heteroatoms. The van der Waals surface area contributed by atoms with E-state index in [0.29, 0.717) is 11.4 Å². The second-order valence-corrected chi connectivity index (χ2v) is 5.14. The number of carbonyl (C=O) groups excluding carboxylic acids is 1. The fourth-order valence-corrected chi connectivity index (χ4v) is 1.99. The van der Waals surface area contributed by atoms with Gasteiger partial charge in [0.2, 0.25) is 0 Å². The molecule has 0 saturated carbocycles. The topological polar surface area (TPSA) is 59.8 Å². The van der Waals surface area contributed by atoms with Crippen LogP contribution in [0.25, 0.3) is 0 Å². The molecule has 19 heavy (non-hydrogen) atoms. The zero-order chi connectivity index (χ0) is 14.0. The van der Waals surface area contributed by atoms with Crippen LogP contribution in [-0.4, -0.2) is 20.7 Å². The number of amides is 1. The van der Waals surface area contributed by atoms with Gasteiger partial charge in [-0.15, -0.1) is 0 Å². The van der Waals surface area contributed by atoms with Gasteiger partial charge in [0.05, 0.1) is 11.3 Å². The third kappa shape index (κ3) is 3.01. The Kier molecular flexibility index (Phi) is 3.99. The first-order chi connectivity index (χ1) is 9.01. The molecule has 5 nitrogen and oxygen atoms in total. The van der Waals surface area contributed by atoms with Crippen LogP contribution in [0.15, 0.2) is 22.9 Å². The average Bonchev–Trinajstić information content (AvgIpc) is 2.75. The Morgan fingerprint density at radius 3 is 2.89 bits per heavy atom. The van der Waals surface area contributed by atoms with Crippen molar-refractivity contribution in [1.82, 2.24) is 14.8 Å². The summed E-state index contributed by atoms with van der Waals surface area (Å²) in [5, 5.41) is 7.04. The zero-order valence-corrected chi connectivity index (χ0v) is 12.7. The summed E-state index contributed by atoms with van der Waals surface area (Å²) in [7, 11) is 1.80. The van der Waals surface area contributed by atoms with E-state index in [1.165, 1.54) is 0 Å². The standard InChI is InChI=1S/C13H15BrN4O/c1-4-11-9(7-18(3)17-11)13(19)16-12-5-8(2)10(14)6-15-12/h5-7H,4H2,1-3H3,(H,15,16,19). The molecule has 0 aliphatic heterocycles. The van der Waals surface area contributed by atoms with Gasteiger partial charge in [-0.1, -0.05) is 6.92 Å². The highest BCUT2D eigenvalue weighted by atomic mass is 79.9. The van der Waals surface area contributed by atoms with Gasteiger partial charge in [0.25, 0.3) is 5.91 Å². The first kappa shape index (κ1) is 13.7. The molecule has 0 spiro atoms. The Morgan fingerprint density at radius 2 is 2.26 bits per heavy atom. The fraction of sp³-hybridized carbons (Fsp3) is 0.308. The van der Waals surface area contributed by atoms with E-state index >= 15 is 0 Å². The number of nitrogens with zero attached hydrogens (tertiary/aromatic N) is 3. The van der Waals surface area contributed by atoms with Crippen molar-refractivity contribution in [3.63, 3.8) is 0 Å². The van der Waals surface area contributed by atoms with Crippen molar-refractivity contribution in [3.05, 3.63) is 39.8 Å². The average molecular weight is 323 g/mol. The van der Waals surface area contributed by atoms with Crippen LogP contribution in [0.3, 0.4) is 0 Å². The molecule has 1 amide bonds. The van der Waals surface area contributed by atoms with Crippen molar-refractivity contribution in [2.45, 2.75) is 20.3 Å². The molecule has 0 bridgehead atoms. The molecule has 0 aliphatic carbocycles. The molecule has 0 unspecified atom stereocenters. The van der Waals surface area contributed by atoms with E-state index in [9.17, 15) is 4.79 Å². The largest absolute Gasteiger partial charge is 0.306 e. The normalized spacial score (nSPS) is 10.5. The van der Waals surface area contributed by atoms with Crippen LogP contribution in [0.2, 0.25) is 0 Å². The summed E-state index contributed by atoms with van der Waals surface area (Å²) in [4.78, 5) is 16.3. The molecule has 0 aromatic carbocycles. The number of aryl methyl sites for hydroxylation is 3. The molecule has 2 rings (SSSR count). The molecule has 0 saturated heterocycles. The molecular formula is C13H15BrN4O. The van der Waals surface area contributed by atoms with Crippen molar-refractivity contribution in [3.8, 4) is 0 Å². The molecule has 2 aromatic rings. The lowest BCUT2D eigenvalue weighted by atomic mass is 10.2. The molecule has 0 radical (unpaired) electrons. The molecule has 0 atom stereocenters. The van der Waals surface area contributed by atoms with Crippen molar-refractivity contribution in [2.75, 3.05) is 5.32 Å². The lowest BCUT2D eigenvalue weighted by Gasteiger charge is -2.05. The minimum atomic E-state index is -0.181. The number of carbonyl (C=O) groups is 1. The SMILES string of the molecule is CCc1nn(C)cc1C(=O)Nc1cc(C)c(Br)cn1. The van der Waals surface area contributed by atoms with E-state index in [0.717, 1.165) is 22.2 Å². The van der Waals surface area contributed by atoms with Crippen LogP contribution in [0.1, 0.15) is 28.5 Å². The minimum Gasteiger partial charge on any atom is -0.306 e. The second-order valence-electron chi connectivity index (χ2n) is 4.29. The van der Waals surface area contributed by atoms with Gasteiger partial charge in [0.1, 0.15) is 5.82 Å². The predicted octanol–water partition coefficient (Wildman–Crippen LogP) is 2.70. The quantitative estimate of drug-likeness (QED) is 0.945. The van der Waals surface area contributed by atoms with Crippen LogP contribution < -0.4 is 5.32 Å². The number of rotatable bonds is 3. The summed E-state index contributed by atoms with van der Waals surface area (Å²) in [5.74, 6) is 0.357. The number of hydrogen-bond donors (Lipinski definition) is 1.